The maximum absolute atomic E-state index is 6.40. The van der Waals surface area contributed by atoms with E-state index >= 15 is 0 Å². The van der Waals surface area contributed by atoms with Crippen molar-refractivity contribution < 1.29 is 4.74 Å². The van der Waals surface area contributed by atoms with Gasteiger partial charge in [0.2, 0.25) is 0 Å². The molecule has 0 saturated carbocycles. The number of likely N-dealkylation sites (tertiary alicyclic amines) is 1. The van der Waals surface area contributed by atoms with Gasteiger partial charge >= 0.3 is 0 Å². The Morgan fingerprint density at radius 3 is 2.75 bits per heavy atom. The molecule has 2 rings (SSSR count). The van der Waals surface area contributed by atoms with Crippen LogP contribution >= 0.6 is 0 Å². The molecule has 0 amide bonds. The van der Waals surface area contributed by atoms with Crippen LogP contribution in [0.25, 0.3) is 0 Å². The summed E-state index contributed by atoms with van der Waals surface area (Å²) >= 11 is 0. The first kappa shape index (κ1) is 15.3. The predicted octanol–water partition coefficient (Wildman–Crippen LogP) is 3.21. The third-order valence-electron chi connectivity index (χ3n) is 4.43. The van der Waals surface area contributed by atoms with E-state index in [0.29, 0.717) is 5.41 Å². The highest BCUT2D eigenvalue weighted by atomic mass is 16.5. The number of ether oxygens (including phenoxy) is 1. The monoisotopic (exact) mass is 276 g/mol. The van der Waals surface area contributed by atoms with Crippen LogP contribution in [0.3, 0.4) is 0 Å². The van der Waals surface area contributed by atoms with Gasteiger partial charge in [-0.1, -0.05) is 32.0 Å². The average molecular weight is 276 g/mol. The zero-order chi connectivity index (χ0) is 14.6. The fourth-order valence-corrected chi connectivity index (χ4v) is 3.01. The van der Waals surface area contributed by atoms with E-state index in [2.05, 4.69) is 24.8 Å². The minimum absolute atomic E-state index is 0.0207. The number of hydrogen-bond acceptors (Lipinski definition) is 3. The Hall–Kier alpha value is -1.06. The summed E-state index contributed by atoms with van der Waals surface area (Å²) in [6, 6.07) is 8.10. The van der Waals surface area contributed by atoms with Crippen molar-refractivity contribution in [1.29, 1.82) is 0 Å². The van der Waals surface area contributed by atoms with Gasteiger partial charge in [-0.3, -0.25) is 0 Å². The second-order valence-electron chi connectivity index (χ2n) is 6.67. The van der Waals surface area contributed by atoms with E-state index in [1.54, 1.807) is 7.11 Å². The van der Waals surface area contributed by atoms with Crippen LogP contribution in [0.2, 0.25) is 0 Å². The lowest BCUT2D eigenvalue weighted by Crippen LogP contribution is -2.33. The van der Waals surface area contributed by atoms with Gasteiger partial charge in [-0.15, -0.1) is 0 Å². The topological polar surface area (TPSA) is 38.5 Å². The molecule has 1 fully saturated rings. The molecule has 1 atom stereocenters. The molecular formula is C17H28N2O. The molecule has 0 bridgehead atoms. The van der Waals surface area contributed by atoms with Crippen LogP contribution in [-0.2, 0) is 0 Å². The van der Waals surface area contributed by atoms with Gasteiger partial charge in [0.05, 0.1) is 7.11 Å². The molecule has 1 aliphatic rings. The third kappa shape index (κ3) is 3.97. The highest BCUT2D eigenvalue weighted by molar-refractivity contribution is 5.35. The number of hydrogen-bond donors (Lipinski definition) is 1. The molecule has 20 heavy (non-hydrogen) atoms. The minimum atomic E-state index is 0.0207. The van der Waals surface area contributed by atoms with Gasteiger partial charge in [0.25, 0.3) is 0 Å². The third-order valence-corrected chi connectivity index (χ3v) is 4.43. The van der Waals surface area contributed by atoms with Gasteiger partial charge in [0.15, 0.2) is 0 Å². The molecule has 1 aromatic rings. The normalized spacial score (nSPS) is 21.2. The Kier molecular flexibility index (Phi) is 5.06. The van der Waals surface area contributed by atoms with Crippen LogP contribution < -0.4 is 10.5 Å². The highest BCUT2D eigenvalue weighted by Gasteiger charge is 2.24. The molecule has 112 valence electrons. The minimum Gasteiger partial charge on any atom is -0.496 e. The van der Waals surface area contributed by atoms with E-state index in [1.165, 1.54) is 19.3 Å². The number of methoxy groups -OCH3 is 1. The van der Waals surface area contributed by atoms with Crippen LogP contribution in [-0.4, -0.2) is 31.6 Å². The van der Waals surface area contributed by atoms with Crippen molar-refractivity contribution in [1.82, 2.24) is 4.90 Å². The summed E-state index contributed by atoms with van der Waals surface area (Å²) in [6.45, 7) is 7.96. The van der Waals surface area contributed by atoms with Crippen molar-refractivity contribution in [3.8, 4) is 5.75 Å². The predicted molar refractivity (Wildman–Crippen MR) is 84.0 cm³/mol. The lowest BCUT2D eigenvalue weighted by molar-refractivity contribution is 0.248. The summed E-state index contributed by atoms with van der Waals surface area (Å²) < 4.78 is 5.41. The van der Waals surface area contributed by atoms with Gasteiger partial charge in [0.1, 0.15) is 5.75 Å². The Morgan fingerprint density at radius 1 is 1.25 bits per heavy atom. The molecule has 1 unspecified atom stereocenters. The molecule has 1 aliphatic heterocycles. The second kappa shape index (κ2) is 6.59. The molecule has 2 N–H and O–H groups in total. The van der Waals surface area contributed by atoms with Crippen molar-refractivity contribution in [2.24, 2.45) is 11.1 Å². The Balaban J connectivity index is 1.99. The molecule has 0 radical (unpaired) electrons. The van der Waals surface area contributed by atoms with E-state index in [-0.39, 0.29) is 6.04 Å². The molecule has 0 aliphatic carbocycles. The van der Waals surface area contributed by atoms with Crippen LogP contribution in [0.15, 0.2) is 24.3 Å². The maximum Gasteiger partial charge on any atom is 0.123 e. The first-order valence-electron chi connectivity index (χ1n) is 7.63. The fraction of sp³-hybridized carbons (Fsp3) is 0.647. The number of para-hydroxylation sites is 1. The first-order chi connectivity index (χ1) is 9.52. The van der Waals surface area contributed by atoms with E-state index in [9.17, 15) is 0 Å². The Morgan fingerprint density at radius 2 is 2.00 bits per heavy atom. The van der Waals surface area contributed by atoms with E-state index in [4.69, 9.17) is 10.5 Å². The summed E-state index contributed by atoms with van der Waals surface area (Å²) in [5, 5.41) is 0. The van der Waals surface area contributed by atoms with Gasteiger partial charge < -0.3 is 15.4 Å². The van der Waals surface area contributed by atoms with E-state index < -0.39 is 0 Å². The smallest absolute Gasteiger partial charge is 0.123 e. The van der Waals surface area contributed by atoms with Gasteiger partial charge in [-0.2, -0.15) is 0 Å². The van der Waals surface area contributed by atoms with E-state index in [0.717, 1.165) is 30.9 Å². The largest absolute Gasteiger partial charge is 0.496 e. The van der Waals surface area contributed by atoms with Crippen LogP contribution in [0.4, 0.5) is 0 Å². The Labute approximate surface area is 123 Å². The van der Waals surface area contributed by atoms with Crippen molar-refractivity contribution in [2.45, 2.75) is 39.2 Å². The first-order valence-corrected chi connectivity index (χ1v) is 7.63. The lowest BCUT2D eigenvalue weighted by atomic mass is 9.85. The maximum atomic E-state index is 6.40. The van der Waals surface area contributed by atoms with Gasteiger partial charge in [-0.05, 0) is 43.8 Å². The number of nitrogens with two attached hydrogens (primary N) is 1. The average Bonchev–Trinajstić information content (AvgIpc) is 2.60. The van der Waals surface area contributed by atoms with Gasteiger partial charge in [-0.25, -0.2) is 0 Å². The summed E-state index contributed by atoms with van der Waals surface area (Å²) in [7, 11) is 1.71. The molecule has 0 aromatic heterocycles. The zero-order valence-corrected chi connectivity index (χ0v) is 13.1. The highest BCUT2D eigenvalue weighted by Crippen LogP contribution is 2.31. The molecule has 1 aromatic carbocycles. The summed E-state index contributed by atoms with van der Waals surface area (Å²) in [4.78, 5) is 2.51. The molecular weight excluding hydrogens is 248 g/mol. The molecule has 0 spiro atoms. The quantitative estimate of drug-likeness (QED) is 0.917. The standard InChI is InChI=1S/C17H28N2O/c1-17(2)9-6-11-19(12-10-17)13-15(18)14-7-4-5-8-16(14)20-3/h4-5,7-8,15H,6,9-13,18H2,1-3H3. The number of nitrogens with zero attached hydrogens (tertiary/aromatic N) is 1. The summed E-state index contributed by atoms with van der Waals surface area (Å²) in [6.07, 6.45) is 3.84. The zero-order valence-electron chi connectivity index (χ0n) is 13.1. The molecule has 3 nitrogen and oxygen atoms in total. The van der Waals surface area contributed by atoms with Crippen LogP contribution in [0.1, 0.15) is 44.7 Å². The van der Waals surface area contributed by atoms with Crippen molar-refractivity contribution in [3.63, 3.8) is 0 Å². The van der Waals surface area contributed by atoms with Crippen molar-refractivity contribution >= 4 is 0 Å². The Bertz CT molecular complexity index is 431. The van der Waals surface area contributed by atoms with Crippen LogP contribution in [0, 0.1) is 5.41 Å². The van der Waals surface area contributed by atoms with Crippen molar-refractivity contribution in [3.05, 3.63) is 29.8 Å². The number of benzene rings is 1. The molecule has 1 saturated heterocycles. The fourth-order valence-electron chi connectivity index (χ4n) is 3.01. The SMILES string of the molecule is COc1ccccc1C(N)CN1CCCC(C)(C)CC1. The van der Waals surface area contributed by atoms with Crippen molar-refractivity contribution in [2.75, 3.05) is 26.7 Å². The lowest BCUT2D eigenvalue weighted by Gasteiger charge is -2.26. The van der Waals surface area contributed by atoms with Gasteiger partial charge in [0, 0.05) is 18.2 Å². The number of rotatable bonds is 4. The summed E-state index contributed by atoms with van der Waals surface area (Å²) in [5.74, 6) is 0.898. The molecule has 3 heteroatoms. The van der Waals surface area contributed by atoms with E-state index in [1.807, 2.05) is 18.2 Å². The second-order valence-corrected chi connectivity index (χ2v) is 6.67. The van der Waals surface area contributed by atoms with Crippen LogP contribution in [0.5, 0.6) is 5.75 Å². The molecule has 1 heterocycles. The summed E-state index contributed by atoms with van der Waals surface area (Å²) in [5.41, 5.74) is 7.98.